The van der Waals surface area contributed by atoms with E-state index in [1.165, 1.54) is 24.3 Å². The number of rotatable bonds is 8. The molecule has 0 bridgehead atoms. The summed E-state index contributed by atoms with van der Waals surface area (Å²) in [6, 6.07) is 15.0. The van der Waals surface area contributed by atoms with Gasteiger partial charge in [0.25, 0.3) is 5.91 Å². The maximum Gasteiger partial charge on any atom is 0.416 e. The van der Waals surface area contributed by atoms with Gasteiger partial charge in [-0.05, 0) is 53.6 Å². The first-order valence-corrected chi connectivity index (χ1v) is 13.6. The lowest BCUT2D eigenvalue weighted by Gasteiger charge is -2.32. The van der Waals surface area contributed by atoms with Gasteiger partial charge in [0.15, 0.2) is 9.84 Å². The number of alkyl halides is 3. The molecule has 0 aromatic heterocycles. The van der Waals surface area contributed by atoms with E-state index in [4.69, 9.17) is 4.74 Å². The molecule has 3 aromatic rings. The maximum absolute atomic E-state index is 13.1. The molecular weight excluding hydrogens is 521 g/mol. The first kappa shape index (κ1) is 27.5. The van der Waals surface area contributed by atoms with Gasteiger partial charge in [-0.3, -0.25) is 4.79 Å². The summed E-state index contributed by atoms with van der Waals surface area (Å²) >= 11 is 0. The summed E-state index contributed by atoms with van der Waals surface area (Å²) in [5.41, 5.74) is 1.42. The van der Waals surface area contributed by atoms with Gasteiger partial charge in [0.05, 0.1) is 41.1 Å². The standard InChI is InChI=1S/C27H27F3N2O5S/c1-2-38(35,36)22-10-5-19(6-11-22)23(17-33)31-26(34)20-7-12-25-24(15-20)32(13-14-37-25)16-18-3-8-21(9-4-18)27(28,29)30/h3-12,15,23,33H,2,13-14,16-17H2,1H3,(H,31,34)/t23-/m0/s1. The Morgan fingerprint density at radius 1 is 1.08 bits per heavy atom. The van der Waals surface area contributed by atoms with Crippen molar-refractivity contribution in [3.8, 4) is 5.75 Å². The fourth-order valence-corrected chi connectivity index (χ4v) is 5.03. The number of sulfone groups is 1. The molecule has 38 heavy (non-hydrogen) atoms. The Bertz CT molecular complexity index is 1390. The van der Waals surface area contributed by atoms with E-state index in [-0.39, 0.29) is 10.6 Å². The average molecular weight is 549 g/mol. The Balaban J connectivity index is 1.51. The van der Waals surface area contributed by atoms with E-state index < -0.39 is 40.1 Å². The topological polar surface area (TPSA) is 95.9 Å². The molecule has 1 amide bonds. The van der Waals surface area contributed by atoms with Crippen LogP contribution in [-0.2, 0) is 22.6 Å². The zero-order valence-corrected chi connectivity index (χ0v) is 21.3. The molecule has 0 fully saturated rings. The minimum Gasteiger partial charge on any atom is -0.490 e. The average Bonchev–Trinajstić information content (AvgIpc) is 2.91. The molecule has 0 aliphatic carbocycles. The molecule has 1 atom stereocenters. The van der Waals surface area contributed by atoms with Crippen molar-refractivity contribution in [2.75, 3.05) is 30.4 Å². The van der Waals surface area contributed by atoms with Crippen LogP contribution in [0, 0.1) is 0 Å². The maximum atomic E-state index is 13.1. The number of ether oxygens (including phenoxy) is 1. The molecule has 202 valence electrons. The van der Waals surface area contributed by atoms with Gasteiger partial charge in [0, 0.05) is 12.1 Å². The Morgan fingerprint density at radius 2 is 1.76 bits per heavy atom. The number of anilines is 1. The quantitative estimate of drug-likeness (QED) is 0.434. The summed E-state index contributed by atoms with van der Waals surface area (Å²) in [5.74, 6) is 0.0491. The summed E-state index contributed by atoms with van der Waals surface area (Å²) in [5, 5.41) is 12.6. The largest absolute Gasteiger partial charge is 0.490 e. The molecular formula is C27H27F3N2O5S. The number of benzene rings is 3. The second-order valence-electron chi connectivity index (χ2n) is 8.83. The lowest BCUT2D eigenvalue weighted by molar-refractivity contribution is -0.137. The van der Waals surface area contributed by atoms with Crippen molar-refractivity contribution in [3.05, 3.63) is 89.0 Å². The highest BCUT2D eigenvalue weighted by Gasteiger charge is 2.30. The van der Waals surface area contributed by atoms with E-state index in [9.17, 15) is 31.5 Å². The molecule has 3 aromatic carbocycles. The van der Waals surface area contributed by atoms with Crippen LogP contribution < -0.4 is 15.0 Å². The third-order valence-corrected chi connectivity index (χ3v) is 8.10. The van der Waals surface area contributed by atoms with Crippen LogP contribution in [-0.4, -0.2) is 44.9 Å². The number of nitrogens with zero attached hydrogens (tertiary/aromatic N) is 1. The Labute approximate surface area is 218 Å². The molecule has 0 unspecified atom stereocenters. The Hall–Kier alpha value is -3.57. The minimum atomic E-state index is -4.41. The van der Waals surface area contributed by atoms with E-state index in [0.717, 1.165) is 12.1 Å². The third kappa shape index (κ3) is 6.11. The number of aliphatic hydroxyl groups excluding tert-OH is 1. The van der Waals surface area contributed by atoms with Gasteiger partial charge in [0.2, 0.25) is 0 Å². The number of halogens is 3. The molecule has 0 saturated carbocycles. The van der Waals surface area contributed by atoms with E-state index in [1.807, 2.05) is 4.90 Å². The van der Waals surface area contributed by atoms with Crippen molar-refractivity contribution in [3.63, 3.8) is 0 Å². The van der Waals surface area contributed by atoms with Gasteiger partial charge in [0.1, 0.15) is 12.4 Å². The molecule has 1 heterocycles. The van der Waals surface area contributed by atoms with E-state index in [1.54, 1.807) is 37.3 Å². The first-order valence-electron chi connectivity index (χ1n) is 11.9. The number of nitrogens with one attached hydrogen (secondary N) is 1. The van der Waals surface area contributed by atoms with Gasteiger partial charge in [-0.1, -0.05) is 31.2 Å². The molecule has 7 nitrogen and oxygen atoms in total. The van der Waals surface area contributed by atoms with E-state index >= 15 is 0 Å². The fourth-order valence-electron chi connectivity index (χ4n) is 4.15. The van der Waals surface area contributed by atoms with Crippen molar-refractivity contribution in [1.29, 1.82) is 0 Å². The van der Waals surface area contributed by atoms with Crippen molar-refractivity contribution in [2.24, 2.45) is 0 Å². The fraction of sp³-hybridized carbons (Fsp3) is 0.296. The highest BCUT2D eigenvalue weighted by Crippen LogP contribution is 2.34. The van der Waals surface area contributed by atoms with Gasteiger partial charge in [-0.15, -0.1) is 0 Å². The second-order valence-corrected chi connectivity index (χ2v) is 11.1. The Morgan fingerprint density at radius 3 is 2.37 bits per heavy atom. The predicted molar refractivity (Wildman–Crippen MR) is 136 cm³/mol. The van der Waals surface area contributed by atoms with Crippen molar-refractivity contribution < 1.29 is 36.2 Å². The van der Waals surface area contributed by atoms with Crippen LogP contribution in [0.2, 0.25) is 0 Å². The van der Waals surface area contributed by atoms with Crippen LogP contribution >= 0.6 is 0 Å². The van der Waals surface area contributed by atoms with Crippen molar-refractivity contribution in [2.45, 2.75) is 30.6 Å². The lowest BCUT2D eigenvalue weighted by Crippen LogP contribution is -2.33. The third-order valence-electron chi connectivity index (χ3n) is 6.34. The van der Waals surface area contributed by atoms with Gasteiger partial charge < -0.3 is 20.1 Å². The van der Waals surface area contributed by atoms with Crippen molar-refractivity contribution >= 4 is 21.4 Å². The zero-order valence-electron chi connectivity index (χ0n) is 20.5. The summed E-state index contributed by atoms with van der Waals surface area (Å²) in [6.07, 6.45) is -4.41. The Kier molecular flexibility index (Phi) is 7.98. The molecule has 2 N–H and O–H groups in total. The van der Waals surface area contributed by atoms with Crippen LogP contribution in [0.1, 0.15) is 40.0 Å². The molecule has 0 spiro atoms. The lowest BCUT2D eigenvalue weighted by atomic mass is 10.1. The van der Waals surface area contributed by atoms with Crippen LogP contribution in [0.15, 0.2) is 71.6 Å². The summed E-state index contributed by atoms with van der Waals surface area (Å²) in [4.78, 5) is 15.1. The van der Waals surface area contributed by atoms with Crippen LogP contribution in [0.4, 0.5) is 18.9 Å². The van der Waals surface area contributed by atoms with Gasteiger partial charge in [-0.2, -0.15) is 13.2 Å². The summed E-state index contributed by atoms with van der Waals surface area (Å²) < 4.78 is 68.5. The number of hydrogen-bond donors (Lipinski definition) is 2. The minimum absolute atomic E-state index is 0.0373. The number of aliphatic hydroxyl groups is 1. The number of carbonyl (C=O) groups is 1. The van der Waals surface area contributed by atoms with Gasteiger partial charge >= 0.3 is 6.18 Å². The van der Waals surface area contributed by atoms with E-state index in [0.29, 0.717) is 47.8 Å². The first-order chi connectivity index (χ1) is 18.0. The van der Waals surface area contributed by atoms with Crippen LogP contribution in [0.5, 0.6) is 5.75 Å². The number of hydrogen-bond acceptors (Lipinski definition) is 6. The normalized spacial score (nSPS) is 14.4. The van der Waals surface area contributed by atoms with E-state index in [2.05, 4.69) is 5.32 Å². The van der Waals surface area contributed by atoms with Crippen LogP contribution in [0.25, 0.3) is 0 Å². The highest BCUT2D eigenvalue weighted by atomic mass is 32.2. The number of carbonyl (C=O) groups excluding carboxylic acids is 1. The number of fused-ring (bicyclic) bond motifs is 1. The molecule has 1 aliphatic heterocycles. The molecule has 1 aliphatic rings. The molecule has 0 saturated heterocycles. The summed E-state index contributed by atoms with van der Waals surface area (Å²) in [7, 11) is -3.38. The smallest absolute Gasteiger partial charge is 0.416 e. The molecule has 11 heteroatoms. The molecule has 0 radical (unpaired) electrons. The zero-order chi connectivity index (χ0) is 27.5. The van der Waals surface area contributed by atoms with Crippen LogP contribution in [0.3, 0.4) is 0 Å². The number of amides is 1. The second kappa shape index (κ2) is 11.0. The highest BCUT2D eigenvalue weighted by molar-refractivity contribution is 7.91. The SMILES string of the molecule is CCS(=O)(=O)c1ccc([C@H](CO)NC(=O)c2ccc3c(c2)N(Cc2ccc(C(F)(F)F)cc2)CCO3)cc1. The predicted octanol–water partition coefficient (Wildman–Crippen LogP) is 4.36. The van der Waals surface area contributed by atoms with Gasteiger partial charge in [-0.25, -0.2) is 8.42 Å². The monoisotopic (exact) mass is 548 g/mol. The summed E-state index contributed by atoms with van der Waals surface area (Å²) in [6.45, 7) is 2.33. The van der Waals surface area contributed by atoms with Crippen molar-refractivity contribution in [1.82, 2.24) is 5.32 Å². The molecule has 4 rings (SSSR count).